The molecule has 0 unspecified atom stereocenters. The number of amides is 1. The number of anilines is 2. The fourth-order valence-electron chi connectivity index (χ4n) is 2.79. The van der Waals surface area contributed by atoms with Gasteiger partial charge >= 0.3 is 0 Å². The number of carbonyl (C=O) groups is 1. The van der Waals surface area contributed by atoms with Crippen LogP contribution in [0.3, 0.4) is 0 Å². The third-order valence-corrected chi connectivity index (χ3v) is 4.00. The van der Waals surface area contributed by atoms with Gasteiger partial charge in [-0.2, -0.15) is 5.10 Å². The normalized spacial score (nSPS) is 15.5. The second kappa shape index (κ2) is 6.83. The molecule has 0 aliphatic carbocycles. The molecule has 1 aromatic rings. The minimum Gasteiger partial charge on any atom is -0.394 e. The quantitative estimate of drug-likeness (QED) is 0.870. The fraction of sp³-hybridized carbons (Fsp3) is 0.733. The lowest BCUT2D eigenvalue weighted by atomic mass is 10.1. The van der Waals surface area contributed by atoms with Crippen molar-refractivity contribution in [3.8, 4) is 0 Å². The average Bonchev–Trinajstić information content (AvgIpc) is 2.76. The second-order valence-electron chi connectivity index (χ2n) is 6.04. The smallest absolute Gasteiger partial charge is 0.224 e. The number of aromatic nitrogens is 2. The number of nitrogen functional groups attached to an aromatic ring is 1. The molecule has 118 valence electrons. The first-order chi connectivity index (χ1) is 10.0. The molecule has 0 aromatic carbocycles. The van der Waals surface area contributed by atoms with E-state index in [0.717, 1.165) is 37.4 Å². The van der Waals surface area contributed by atoms with Crippen molar-refractivity contribution >= 4 is 17.4 Å². The molecule has 2 rings (SSSR count). The van der Waals surface area contributed by atoms with Crippen molar-refractivity contribution in [2.45, 2.75) is 45.4 Å². The van der Waals surface area contributed by atoms with Gasteiger partial charge in [-0.25, -0.2) is 0 Å². The van der Waals surface area contributed by atoms with Crippen molar-refractivity contribution in [1.29, 1.82) is 0 Å². The summed E-state index contributed by atoms with van der Waals surface area (Å²) in [5.74, 6) is 1.33. The van der Waals surface area contributed by atoms with Crippen LogP contribution in [0.25, 0.3) is 0 Å². The first-order valence-corrected chi connectivity index (χ1v) is 7.84. The zero-order chi connectivity index (χ0) is 15.4. The highest BCUT2D eigenvalue weighted by Crippen LogP contribution is 2.27. The number of nitrogens with one attached hydrogen (secondary N) is 1. The SMILES string of the molecule is CC(C)c1nn(C)c(NCCC(=O)N2CCCCC2)c1N. The number of likely N-dealkylation sites (tertiary alicyclic amines) is 1. The molecule has 0 bridgehead atoms. The van der Waals surface area contributed by atoms with E-state index >= 15 is 0 Å². The molecule has 21 heavy (non-hydrogen) atoms. The monoisotopic (exact) mass is 293 g/mol. The highest BCUT2D eigenvalue weighted by molar-refractivity contribution is 5.77. The van der Waals surface area contributed by atoms with Crippen LogP contribution in [0.5, 0.6) is 0 Å². The molecule has 1 aromatic heterocycles. The van der Waals surface area contributed by atoms with Gasteiger partial charge in [0.25, 0.3) is 0 Å². The molecule has 3 N–H and O–H groups in total. The van der Waals surface area contributed by atoms with Gasteiger partial charge in [-0.1, -0.05) is 13.8 Å². The first kappa shape index (κ1) is 15.7. The molecule has 1 amide bonds. The number of aryl methyl sites for hydroxylation is 1. The van der Waals surface area contributed by atoms with E-state index in [2.05, 4.69) is 24.3 Å². The number of carbonyl (C=O) groups excluding carboxylic acids is 1. The maximum absolute atomic E-state index is 12.1. The van der Waals surface area contributed by atoms with Crippen LogP contribution >= 0.6 is 0 Å². The molecule has 2 heterocycles. The summed E-state index contributed by atoms with van der Waals surface area (Å²) >= 11 is 0. The summed E-state index contributed by atoms with van der Waals surface area (Å²) in [6, 6.07) is 0. The highest BCUT2D eigenvalue weighted by atomic mass is 16.2. The van der Waals surface area contributed by atoms with E-state index in [1.54, 1.807) is 4.68 Å². The van der Waals surface area contributed by atoms with Gasteiger partial charge in [0, 0.05) is 33.1 Å². The van der Waals surface area contributed by atoms with Crippen LogP contribution in [0.15, 0.2) is 0 Å². The Bertz CT molecular complexity index is 488. The molecule has 6 heteroatoms. The van der Waals surface area contributed by atoms with Gasteiger partial charge in [0.1, 0.15) is 5.82 Å². The van der Waals surface area contributed by atoms with Gasteiger partial charge < -0.3 is 16.0 Å². The lowest BCUT2D eigenvalue weighted by molar-refractivity contribution is -0.131. The van der Waals surface area contributed by atoms with Crippen molar-refractivity contribution in [1.82, 2.24) is 14.7 Å². The number of piperidine rings is 1. The van der Waals surface area contributed by atoms with E-state index < -0.39 is 0 Å². The fourth-order valence-corrected chi connectivity index (χ4v) is 2.79. The zero-order valence-electron chi connectivity index (χ0n) is 13.4. The van der Waals surface area contributed by atoms with E-state index in [9.17, 15) is 4.79 Å². The number of rotatable bonds is 5. The lowest BCUT2D eigenvalue weighted by Crippen LogP contribution is -2.36. The maximum Gasteiger partial charge on any atom is 0.224 e. The standard InChI is InChI=1S/C15H27N5O/c1-11(2)14-13(16)15(19(3)18-14)17-8-7-12(21)20-9-5-4-6-10-20/h11,17H,4-10,16H2,1-3H3. The Kier molecular flexibility index (Phi) is 5.09. The maximum atomic E-state index is 12.1. The summed E-state index contributed by atoms with van der Waals surface area (Å²) in [6.45, 7) is 6.55. The predicted octanol–water partition coefficient (Wildman–Crippen LogP) is 1.94. The topological polar surface area (TPSA) is 76.2 Å². The molecule has 0 saturated carbocycles. The van der Waals surface area contributed by atoms with Gasteiger partial charge in [0.05, 0.1) is 11.4 Å². The predicted molar refractivity (Wildman–Crippen MR) is 85.2 cm³/mol. The Labute approximate surface area is 126 Å². The summed E-state index contributed by atoms with van der Waals surface area (Å²) in [6.07, 6.45) is 4.00. The summed E-state index contributed by atoms with van der Waals surface area (Å²) in [7, 11) is 1.87. The Hall–Kier alpha value is -1.72. The molecule has 0 atom stereocenters. The summed E-state index contributed by atoms with van der Waals surface area (Å²) in [5.41, 5.74) is 7.72. The van der Waals surface area contributed by atoms with Crippen LogP contribution < -0.4 is 11.1 Å². The van der Waals surface area contributed by atoms with Crippen LogP contribution in [-0.4, -0.2) is 40.2 Å². The molecular formula is C15H27N5O. The van der Waals surface area contributed by atoms with E-state index in [4.69, 9.17) is 5.73 Å². The van der Waals surface area contributed by atoms with Gasteiger partial charge in [-0.3, -0.25) is 9.48 Å². The summed E-state index contributed by atoms with van der Waals surface area (Å²) in [5, 5.41) is 7.69. The third-order valence-electron chi connectivity index (χ3n) is 4.00. The number of hydrogen-bond acceptors (Lipinski definition) is 4. The van der Waals surface area contributed by atoms with Gasteiger partial charge in [0.15, 0.2) is 0 Å². The Morgan fingerprint density at radius 2 is 2.00 bits per heavy atom. The van der Waals surface area contributed by atoms with Crippen LogP contribution in [-0.2, 0) is 11.8 Å². The lowest BCUT2D eigenvalue weighted by Gasteiger charge is -2.26. The Morgan fingerprint density at radius 1 is 1.33 bits per heavy atom. The minimum absolute atomic E-state index is 0.229. The van der Waals surface area contributed by atoms with Crippen molar-refractivity contribution in [2.24, 2.45) is 7.05 Å². The number of nitrogens with two attached hydrogens (primary N) is 1. The Morgan fingerprint density at radius 3 is 2.57 bits per heavy atom. The summed E-state index contributed by atoms with van der Waals surface area (Å²) in [4.78, 5) is 14.1. The summed E-state index contributed by atoms with van der Waals surface area (Å²) < 4.78 is 1.76. The molecular weight excluding hydrogens is 266 g/mol. The van der Waals surface area contributed by atoms with Gasteiger partial charge in [-0.15, -0.1) is 0 Å². The van der Waals surface area contributed by atoms with Crippen molar-refractivity contribution in [2.75, 3.05) is 30.7 Å². The molecule has 6 nitrogen and oxygen atoms in total. The molecule has 1 saturated heterocycles. The Balaban J connectivity index is 1.87. The molecule has 0 spiro atoms. The van der Waals surface area contributed by atoms with E-state index in [1.165, 1.54) is 6.42 Å². The third kappa shape index (κ3) is 3.68. The van der Waals surface area contributed by atoms with Crippen LogP contribution in [0, 0.1) is 0 Å². The zero-order valence-corrected chi connectivity index (χ0v) is 13.4. The van der Waals surface area contributed by atoms with E-state index in [-0.39, 0.29) is 5.91 Å². The van der Waals surface area contributed by atoms with Crippen LogP contribution in [0.4, 0.5) is 11.5 Å². The average molecular weight is 293 g/mol. The van der Waals surface area contributed by atoms with Crippen molar-refractivity contribution < 1.29 is 4.79 Å². The second-order valence-corrected chi connectivity index (χ2v) is 6.04. The van der Waals surface area contributed by atoms with Crippen molar-refractivity contribution in [3.63, 3.8) is 0 Å². The molecule has 0 radical (unpaired) electrons. The minimum atomic E-state index is 0.229. The number of nitrogens with zero attached hydrogens (tertiary/aromatic N) is 3. The molecule has 1 fully saturated rings. The van der Waals surface area contributed by atoms with Crippen LogP contribution in [0.2, 0.25) is 0 Å². The molecule has 1 aliphatic heterocycles. The van der Waals surface area contributed by atoms with Gasteiger partial charge in [-0.05, 0) is 25.2 Å². The van der Waals surface area contributed by atoms with Crippen molar-refractivity contribution in [3.05, 3.63) is 5.69 Å². The van der Waals surface area contributed by atoms with Crippen LogP contribution in [0.1, 0.15) is 51.1 Å². The molecule has 1 aliphatic rings. The van der Waals surface area contributed by atoms with E-state index in [0.29, 0.717) is 24.6 Å². The van der Waals surface area contributed by atoms with Gasteiger partial charge in [0.2, 0.25) is 5.91 Å². The number of hydrogen-bond donors (Lipinski definition) is 2. The highest BCUT2D eigenvalue weighted by Gasteiger charge is 2.18. The largest absolute Gasteiger partial charge is 0.394 e. The first-order valence-electron chi connectivity index (χ1n) is 7.84. The van der Waals surface area contributed by atoms with E-state index in [1.807, 2.05) is 11.9 Å².